The summed E-state index contributed by atoms with van der Waals surface area (Å²) in [6, 6.07) is -0.0585. The zero-order valence-electron chi connectivity index (χ0n) is 11.9. The summed E-state index contributed by atoms with van der Waals surface area (Å²) >= 11 is 0. The topological polar surface area (TPSA) is 49.8 Å². The Kier molecular flexibility index (Phi) is 6.65. The summed E-state index contributed by atoms with van der Waals surface area (Å²) in [4.78, 5) is 13.6. The van der Waals surface area contributed by atoms with E-state index >= 15 is 0 Å². The number of carboxylic acids is 1. The molecule has 1 N–H and O–H groups in total. The molecule has 0 aliphatic heterocycles. The van der Waals surface area contributed by atoms with Gasteiger partial charge in [0.05, 0.1) is 6.61 Å². The zero-order chi connectivity index (χ0) is 13.5. The fraction of sp³-hybridized carbons (Fsp3) is 0.929. The van der Waals surface area contributed by atoms with Crippen molar-refractivity contribution in [3.8, 4) is 0 Å². The third-order valence-electron chi connectivity index (χ3n) is 3.77. The molecule has 0 bridgehead atoms. The van der Waals surface area contributed by atoms with E-state index in [4.69, 9.17) is 4.74 Å². The maximum atomic E-state index is 11.4. The molecular formula is C14H27NO3. The molecule has 1 atom stereocenters. The number of ether oxygens (including phenoxy) is 1. The average molecular weight is 257 g/mol. The van der Waals surface area contributed by atoms with Crippen LogP contribution in [0, 0.1) is 5.92 Å². The van der Waals surface area contributed by atoms with Crippen LogP contribution in [0.25, 0.3) is 0 Å². The third-order valence-corrected chi connectivity index (χ3v) is 3.77. The van der Waals surface area contributed by atoms with Gasteiger partial charge in [-0.15, -0.1) is 0 Å². The summed E-state index contributed by atoms with van der Waals surface area (Å²) in [6.07, 6.45) is 5.76. The van der Waals surface area contributed by atoms with Gasteiger partial charge in [0.2, 0.25) is 0 Å². The lowest BCUT2D eigenvalue weighted by Crippen LogP contribution is -2.49. The molecule has 0 spiro atoms. The van der Waals surface area contributed by atoms with Crippen LogP contribution >= 0.6 is 0 Å². The highest BCUT2D eigenvalue weighted by Crippen LogP contribution is 2.26. The molecule has 106 valence electrons. The van der Waals surface area contributed by atoms with Gasteiger partial charge in [0.25, 0.3) is 0 Å². The molecule has 0 amide bonds. The van der Waals surface area contributed by atoms with Gasteiger partial charge in [-0.2, -0.15) is 0 Å². The van der Waals surface area contributed by atoms with Crippen molar-refractivity contribution in [2.75, 3.05) is 20.3 Å². The number of methoxy groups -OCH3 is 1. The lowest BCUT2D eigenvalue weighted by atomic mass is 10.1. The van der Waals surface area contributed by atoms with E-state index in [1.54, 1.807) is 7.11 Å². The van der Waals surface area contributed by atoms with Crippen LogP contribution < -0.4 is 0 Å². The largest absolute Gasteiger partial charge is 0.480 e. The van der Waals surface area contributed by atoms with E-state index in [0.29, 0.717) is 12.0 Å². The molecule has 4 heteroatoms. The third kappa shape index (κ3) is 4.58. The number of nitrogens with zero attached hydrogens (tertiary/aromatic N) is 1. The summed E-state index contributed by atoms with van der Waals surface area (Å²) < 4.78 is 5.09. The Labute approximate surface area is 110 Å². The van der Waals surface area contributed by atoms with Gasteiger partial charge in [-0.25, -0.2) is 0 Å². The van der Waals surface area contributed by atoms with Crippen LogP contribution in [0.15, 0.2) is 0 Å². The molecule has 1 unspecified atom stereocenters. The van der Waals surface area contributed by atoms with E-state index in [0.717, 1.165) is 25.8 Å². The van der Waals surface area contributed by atoms with E-state index in [-0.39, 0.29) is 6.61 Å². The lowest BCUT2D eigenvalue weighted by Gasteiger charge is -2.34. The summed E-state index contributed by atoms with van der Waals surface area (Å²) in [5.74, 6) is -0.154. The van der Waals surface area contributed by atoms with Crippen LogP contribution in [0.2, 0.25) is 0 Å². The molecule has 0 heterocycles. The van der Waals surface area contributed by atoms with Crippen molar-refractivity contribution in [2.45, 2.75) is 58.0 Å². The molecule has 1 fully saturated rings. The Balaban J connectivity index is 2.68. The Morgan fingerprint density at radius 1 is 1.39 bits per heavy atom. The van der Waals surface area contributed by atoms with Crippen LogP contribution in [-0.2, 0) is 9.53 Å². The minimum atomic E-state index is -0.757. The van der Waals surface area contributed by atoms with Gasteiger partial charge < -0.3 is 9.84 Å². The normalized spacial score (nSPS) is 18.7. The molecule has 0 aromatic heterocycles. The van der Waals surface area contributed by atoms with Gasteiger partial charge in [-0.1, -0.05) is 26.7 Å². The first-order valence-electron chi connectivity index (χ1n) is 7.03. The Morgan fingerprint density at radius 3 is 2.44 bits per heavy atom. The number of aliphatic carboxylic acids is 1. The smallest absolute Gasteiger partial charge is 0.323 e. The number of carboxylic acid groups (broad SMARTS) is 1. The first kappa shape index (κ1) is 15.4. The Hall–Kier alpha value is -0.610. The monoisotopic (exact) mass is 257 g/mol. The maximum Gasteiger partial charge on any atom is 0.323 e. The molecule has 1 aliphatic carbocycles. The number of carbonyl (C=O) groups is 1. The van der Waals surface area contributed by atoms with Crippen molar-refractivity contribution >= 4 is 5.97 Å². The minimum absolute atomic E-state index is 0.282. The van der Waals surface area contributed by atoms with Gasteiger partial charge in [0.15, 0.2) is 0 Å². The van der Waals surface area contributed by atoms with Gasteiger partial charge in [0.1, 0.15) is 6.04 Å². The predicted molar refractivity (Wildman–Crippen MR) is 71.7 cm³/mol. The first-order chi connectivity index (χ1) is 8.56. The van der Waals surface area contributed by atoms with E-state index in [9.17, 15) is 9.90 Å². The molecule has 1 aliphatic rings. The van der Waals surface area contributed by atoms with Crippen LogP contribution in [0.3, 0.4) is 0 Å². The SMILES string of the molecule is COCC(C(=O)O)N(CCC(C)C)C1CCCC1. The minimum Gasteiger partial charge on any atom is -0.480 e. The number of hydrogen-bond acceptors (Lipinski definition) is 3. The van der Waals surface area contributed by atoms with Crippen molar-refractivity contribution in [1.29, 1.82) is 0 Å². The summed E-state index contributed by atoms with van der Waals surface area (Å²) in [6.45, 7) is 5.50. The van der Waals surface area contributed by atoms with Crippen LogP contribution in [0.5, 0.6) is 0 Å². The lowest BCUT2D eigenvalue weighted by molar-refractivity contribution is -0.146. The highest BCUT2D eigenvalue weighted by Gasteiger charge is 2.32. The quantitative estimate of drug-likeness (QED) is 0.725. The zero-order valence-corrected chi connectivity index (χ0v) is 11.9. The van der Waals surface area contributed by atoms with Crippen LogP contribution in [0.1, 0.15) is 46.0 Å². The summed E-state index contributed by atoms with van der Waals surface area (Å²) in [5, 5.41) is 9.38. The summed E-state index contributed by atoms with van der Waals surface area (Å²) in [5.41, 5.74) is 0. The van der Waals surface area contributed by atoms with Crippen molar-refractivity contribution in [2.24, 2.45) is 5.92 Å². The fourth-order valence-electron chi connectivity index (χ4n) is 2.70. The molecule has 0 radical (unpaired) electrons. The van der Waals surface area contributed by atoms with E-state index in [1.165, 1.54) is 12.8 Å². The fourth-order valence-corrected chi connectivity index (χ4v) is 2.70. The van der Waals surface area contributed by atoms with E-state index in [2.05, 4.69) is 18.7 Å². The standard InChI is InChI=1S/C14H27NO3/c1-11(2)8-9-15(12-6-4-5-7-12)13(10-18-3)14(16)17/h11-13H,4-10H2,1-3H3,(H,16,17). The second-order valence-electron chi connectivity index (χ2n) is 5.67. The molecule has 0 aromatic rings. The van der Waals surface area contributed by atoms with Crippen molar-refractivity contribution < 1.29 is 14.6 Å². The first-order valence-corrected chi connectivity index (χ1v) is 7.03. The molecule has 0 saturated heterocycles. The second-order valence-corrected chi connectivity index (χ2v) is 5.67. The highest BCUT2D eigenvalue weighted by atomic mass is 16.5. The van der Waals surface area contributed by atoms with Crippen molar-refractivity contribution in [1.82, 2.24) is 4.90 Å². The predicted octanol–water partition coefficient (Wildman–Crippen LogP) is 2.38. The molecular weight excluding hydrogens is 230 g/mol. The van der Waals surface area contributed by atoms with Crippen molar-refractivity contribution in [3.63, 3.8) is 0 Å². The molecule has 1 rings (SSSR count). The van der Waals surface area contributed by atoms with Crippen LogP contribution in [0.4, 0.5) is 0 Å². The van der Waals surface area contributed by atoms with E-state index in [1.807, 2.05) is 0 Å². The van der Waals surface area contributed by atoms with Gasteiger partial charge in [0, 0.05) is 13.2 Å². The van der Waals surface area contributed by atoms with Crippen LogP contribution in [-0.4, -0.2) is 48.3 Å². The average Bonchev–Trinajstić information content (AvgIpc) is 2.81. The number of hydrogen-bond donors (Lipinski definition) is 1. The molecule has 0 aromatic carbocycles. The molecule has 1 saturated carbocycles. The highest BCUT2D eigenvalue weighted by molar-refractivity contribution is 5.73. The molecule has 4 nitrogen and oxygen atoms in total. The Morgan fingerprint density at radius 2 is 2.00 bits per heavy atom. The summed E-state index contributed by atoms with van der Waals surface area (Å²) in [7, 11) is 1.57. The number of rotatable bonds is 8. The van der Waals surface area contributed by atoms with E-state index < -0.39 is 12.0 Å². The Bertz CT molecular complexity index is 249. The van der Waals surface area contributed by atoms with Gasteiger partial charge in [-0.3, -0.25) is 9.69 Å². The van der Waals surface area contributed by atoms with Crippen molar-refractivity contribution in [3.05, 3.63) is 0 Å². The second kappa shape index (κ2) is 7.74. The maximum absolute atomic E-state index is 11.4. The van der Waals surface area contributed by atoms with Gasteiger partial charge in [-0.05, 0) is 31.7 Å². The van der Waals surface area contributed by atoms with Gasteiger partial charge >= 0.3 is 5.97 Å². The molecule has 18 heavy (non-hydrogen) atoms.